The SMILES string of the molecule is C[C@H](Nc1ncnc(N)c1C#N)C1=Nc2cccc(Cl)c2SN1c1ccccc1. The first kappa shape index (κ1) is 19.1. The third-order valence-electron chi connectivity index (χ3n) is 4.29. The van der Waals surface area contributed by atoms with Gasteiger partial charge in [0.1, 0.15) is 35.4 Å². The molecule has 0 amide bonds. The van der Waals surface area contributed by atoms with Crippen LogP contribution < -0.4 is 15.4 Å². The maximum atomic E-state index is 9.40. The number of anilines is 3. The standard InChI is InChI=1S/C20H16ClN7S/c1-12(26-19-14(10-22)18(23)24-11-25-19)20-27-16-9-5-8-15(21)17(16)29-28(20)13-6-3-2-4-7-13/h2-9,11-12H,1H3,(H3,23,24,25,26)/t12-/m0/s1. The van der Waals surface area contributed by atoms with Gasteiger partial charge in [0.2, 0.25) is 0 Å². The van der Waals surface area contributed by atoms with Gasteiger partial charge >= 0.3 is 0 Å². The molecule has 4 rings (SSSR count). The number of nitrogens with zero attached hydrogens (tertiary/aromatic N) is 5. The van der Waals surface area contributed by atoms with E-state index in [0.29, 0.717) is 10.8 Å². The molecule has 0 saturated heterocycles. The van der Waals surface area contributed by atoms with E-state index in [9.17, 15) is 5.26 Å². The van der Waals surface area contributed by atoms with Crippen LogP contribution in [0.25, 0.3) is 0 Å². The second-order valence-electron chi connectivity index (χ2n) is 6.24. The predicted molar refractivity (Wildman–Crippen MR) is 118 cm³/mol. The summed E-state index contributed by atoms with van der Waals surface area (Å²) in [6.45, 7) is 1.95. The van der Waals surface area contributed by atoms with E-state index >= 15 is 0 Å². The number of nitriles is 1. The molecule has 0 fully saturated rings. The number of fused-ring (bicyclic) bond motifs is 1. The molecule has 9 heteroatoms. The first-order chi connectivity index (χ1) is 14.1. The van der Waals surface area contributed by atoms with Gasteiger partial charge in [0, 0.05) is 0 Å². The Morgan fingerprint density at radius 1 is 1.17 bits per heavy atom. The molecule has 0 saturated carbocycles. The van der Waals surface area contributed by atoms with Crippen LogP contribution >= 0.6 is 23.5 Å². The van der Waals surface area contributed by atoms with Gasteiger partial charge in [-0.1, -0.05) is 35.9 Å². The Hall–Kier alpha value is -3.28. The molecular formula is C20H16ClN7S. The molecule has 0 bridgehead atoms. The van der Waals surface area contributed by atoms with Gasteiger partial charge in [-0.3, -0.25) is 4.31 Å². The molecule has 3 N–H and O–H groups in total. The lowest BCUT2D eigenvalue weighted by atomic mass is 10.2. The number of halogens is 1. The minimum Gasteiger partial charge on any atom is -0.382 e. The number of hydrogen-bond acceptors (Lipinski definition) is 8. The van der Waals surface area contributed by atoms with E-state index in [0.717, 1.165) is 22.1 Å². The fraction of sp³-hybridized carbons (Fsp3) is 0.100. The van der Waals surface area contributed by atoms with E-state index in [1.165, 1.54) is 18.3 Å². The molecular weight excluding hydrogens is 406 g/mol. The summed E-state index contributed by atoms with van der Waals surface area (Å²) in [5.41, 5.74) is 7.77. The van der Waals surface area contributed by atoms with Crippen LogP contribution in [0.5, 0.6) is 0 Å². The quantitative estimate of drug-likeness (QED) is 0.591. The van der Waals surface area contributed by atoms with Crippen LogP contribution in [-0.4, -0.2) is 21.8 Å². The zero-order valence-electron chi connectivity index (χ0n) is 15.4. The van der Waals surface area contributed by atoms with Crippen molar-refractivity contribution in [1.29, 1.82) is 5.26 Å². The highest BCUT2D eigenvalue weighted by molar-refractivity contribution is 8.01. The van der Waals surface area contributed by atoms with Crippen molar-refractivity contribution in [2.24, 2.45) is 4.99 Å². The number of amidine groups is 1. The lowest BCUT2D eigenvalue weighted by Gasteiger charge is -2.32. The summed E-state index contributed by atoms with van der Waals surface area (Å²) in [5.74, 6) is 1.25. The van der Waals surface area contributed by atoms with Crippen LogP contribution in [0.4, 0.5) is 23.0 Å². The number of benzene rings is 2. The normalized spacial score (nSPS) is 13.8. The van der Waals surface area contributed by atoms with Gasteiger partial charge in [0.15, 0.2) is 0 Å². The molecule has 1 aromatic heterocycles. The topological polar surface area (TPSA) is 103 Å². The third-order valence-corrected chi connectivity index (χ3v) is 5.91. The molecule has 1 aliphatic rings. The Labute approximate surface area is 177 Å². The highest BCUT2D eigenvalue weighted by atomic mass is 35.5. The van der Waals surface area contributed by atoms with E-state index in [1.54, 1.807) is 0 Å². The third kappa shape index (κ3) is 3.70. The maximum Gasteiger partial charge on any atom is 0.150 e. The van der Waals surface area contributed by atoms with Crippen LogP contribution in [0.3, 0.4) is 0 Å². The average Bonchev–Trinajstić information content (AvgIpc) is 2.74. The van der Waals surface area contributed by atoms with E-state index in [2.05, 4.69) is 15.3 Å². The van der Waals surface area contributed by atoms with E-state index in [-0.39, 0.29) is 17.4 Å². The summed E-state index contributed by atoms with van der Waals surface area (Å²) >= 11 is 7.91. The first-order valence-electron chi connectivity index (χ1n) is 8.76. The molecule has 1 atom stereocenters. The first-order valence-corrected chi connectivity index (χ1v) is 9.91. The van der Waals surface area contributed by atoms with Gasteiger partial charge in [0.25, 0.3) is 0 Å². The number of aliphatic imine (C=N–C) groups is 1. The summed E-state index contributed by atoms with van der Waals surface area (Å²) in [5, 5.41) is 13.3. The largest absolute Gasteiger partial charge is 0.382 e. The van der Waals surface area contributed by atoms with Gasteiger partial charge in [-0.25, -0.2) is 15.0 Å². The van der Waals surface area contributed by atoms with Crippen LogP contribution in [0, 0.1) is 11.3 Å². The summed E-state index contributed by atoms with van der Waals surface area (Å²) < 4.78 is 2.02. The monoisotopic (exact) mass is 421 g/mol. The number of rotatable bonds is 4. The van der Waals surface area contributed by atoms with Gasteiger partial charge < -0.3 is 11.1 Å². The Kier molecular flexibility index (Phi) is 5.25. The van der Waals surface area contributed by atoms with Crippen molar-refractivity contribution in [2.45, 2.75) is 17.9 Å². The summed E-state index contributed by atoms with van der Waals surface area (Å²) in [6, 6.07) is 17.3. The summed E-state index contributed by atoms with van der Waals surface area (Å²) in [4.78, 5) is 13.8. The van der Waals surface area contributed by atoms with Crippen molar-refractivity contribution in [3.8, 4) is 6.07 Å². The fourth-order valence-electron chi connectivity index (χ4n) is 2.89. The van der Waals surface area contributed by atoms with Crippen molar-refractivity contribution < 1.29 is 0 Å². The number of nitrogens with two attached hydrogens (primary N) is 1. The predicted octanol–water partition coefficient (Wildman–Crippen LogP) is 4.64. The van der Waals surface area contributed by atoms with Crippen LogP contribution in [0.15, 0.2) is 64.7 Å². The zero-order valence-corrected chi connectivity index (χ0v) is 16.9. The Bertz CT molecular complexity index is 1130. The van der Waals surface area contributed by atoms with Gasteiger partial charge in [0.05, 0.1) is 27.3 Å². The van der Waals surface area contributed by atoms with Gasteiger partial charge in [-0.15, -0.1) is 0 Å². The minimum absolute atomic E-state index is 0.134. The second-order valence-corrected chi connectivity index (χ2v) is 7.60. The Morgan fingerprint density at radius 3 is 2.72 bits per heavy atom. The molecule has 0 aliphatic carbocycles. The summed E-state index contributed by atoms with van der Waals surface area (Å²) in [6.07, 6.45) is 1.33. The Balaban J connectivity index is 1.76. The van der Waals surface area contributed by atoms with Crippen molar-refractivity contribution in [3.05, 3.63) is 65.4 Å². The lowest BCUT2D eigenvalue weighted by Crippen LogP contribution is -2.39. The molecule has 7 nitrogen and oxygen atoms in total. The van der Waals surface area contributed by atoms with E-state index in [1.807, 2.05) is 65.8 Å². The smallest absolute Gasteiger partial charge is 0.150 e. The van der Waals surface area contributed by atoms with Crippen LogP contribution in [0.1, 0.15) is 12.5 Å². The van der Waals surface area contributed by atoms with E-state index < -0.39 is 0 Å². The van der Waals surface area contributed by atoms with Crippen molar-refractivity contribution in [1.82, 2.24) is 9.97 Å². The molecule has 2 heterocycles. The lowest BCUT2D eigenvalue weighted by molar-refractivity contribution is 0.993. The van der Waals surface area contributed by atoms with E-state index in [4.69, 9.17) is 22.3 Å². The molecule has 0 spiro atoms. The van der Waals surface area contributed by atoms with Crippen LogP contribution in [0.2, 0.25) is 5.02 Å². The molecule has 1 aliphatic heterocycles. The number of hydrogen-bond donors (Lipinski definition) is 2. The number of nitrogens with one attached hydrogen (secondary N) is 1. The second kappa shape index (κ2) is 7.99. The molecule has 2 aromatic carbocycles. The molecule has 3 aromatic rings. The van der Waals surface area contributed by atoms with Crippen molar-refractivity contribution >= 4 is 52.4 Å². The van der Waals surface area contributed by atoms with Gasteiger partial charge in [-0.2, -0.15) is 5.26 Å². The van der Waals surface area contributed by atoms with Crippen molar-refractivity contribution in [2.75, 3.05) is 15.4 Å². The highest BCUT2D eigenvalue weighted by Gasteiger charge is 2.28. The van der Waals surface area contributed by atoms with Crippen molar-refractivity contribution in [3.63, 3.8) is 0 Å². The Morgan fingerprint density at radius 2 is 1.97 bits per heavy atom. The highest BCUT2D eigenvalue weighted by Crippen LogP contribution is 2.44. The molecule has 29 heavy (non-hydrogen) atoms. The summed E-state index contributed by atoms with van der Waals surface area (Å²) in [7, 11) is 0. The molecule has 144 valence electrons. The number of nitrogen functional groups attached to an aromatic ring is 1. The van der Waals surface area contributed by atoms with Crippen LogP contribution in [-0.2, 0) is 0 Å². The average molecular weight is 422 g/mol. The maximum absolute atomic E-state index is 9.40. The number of aromatic nitrogens is 2. The zero-order chi connectivity index (χ0) is 20.4. The van der Waals surface area contributed by atoms with Gasteiger partial charge in [-0.05, 0) is 43.1 Å². The molecule has 0 unspecified atom stereocenters. The molecule has 0 radical (unpaired) electrons. The fourth-order valence-corrected chi connectivity index (χ4v) is 4.23. The number of para-hydroxylation sites is 1. The minimum atomic E-state index is -0.281.